The Bertz CT molecular complexity index is 667. The smallest absolute Gasteiger partial charge is 0.173 e. The summed E-state index contributed by atoms with van der Waals surface area (Å²) in [4.78, 5) is 4.49. The van der Waals surface area contributed by atoms with Crippen molar-refractivity contribution in [2.45, 2.75) is 0 Å². The zero-order valence-corrected chi connectivity index (χ0v) is 15.0. The van der Waals surface area contributed by atoms with Gasteiger partial charge < -0.3 is 20.2 Å². The zero-order chi connectivity index (χ0) is 16.2. The third-order valence-electron chi connectivity index (χ3n) is 3.88. The van der Waals surface area contributed by atoms with E-state index in [9.17, 15) is 5.11 Å². The molecule has 1 saturated heterocycles. The predicted octanol–water partition coefficient (Wildman–Crippen LogP) is 3.67. The summed E-state index contributed by atoms with van der Waals surface area (Å²) in [5.74, 6) is 0.298. The lowest BCUT2D eigenvalue weighted by Gasteiger charge is -2.37. The van der Waals surface area contributed by atoms with E-state index in [2.05, 4.69) is 31.0 Å². The van der Waals surface area contributed by atoms with Crippen LogP contribution in [0.4, 0.5) is 11.4 Å². The minimum Gasteiger partial charge on any atom is -0.508 e. The van der Waals surface area contributed by atoms with Crippen LogP contribution >= 0.6 is 28.1 Å². The molecule has 120 valence electrons. The Balaban J connectivity index is 1.54. The molecule has 1 fully saturated rings. The maximum Gasteiger partial charge on any atom is 0.173 e. The van der Waals surface area contributed by atoms with Crippen molar-refractivity contribution in [1.82, 2.24) is 4.90 Å². The number of nitrogens with zero attached hydrogens (tertiary/aromatic N) is 2. The molecule has 2 aromatic rings. The van der Waals surface area contributed by atoms with Crippen LogP contribution < -0.4 is 10.2 Å². The fourth-order valence-electron chi connectivity index (χ4n) is 2.57. The van der Waals surface area contributed by atoms with E-state index in [1.807, 2.05) is 36.4 Å². The van der Waals surface area contributed by atoms with E-state index in [0.29, 0.717) is 5.75 Å². The fraction of sp³-hybridized carbons (Fsp3) is 0.235. The van der Waals surface area contributed by atoms with Crippen LogP contribution in [0.15, 0.2) is 53.0 Å². The number of hydrogen-bond donors (Lipinski definition) is 2. The Kier molecular flexibility index (Phi) is 5.03. The van der Waals surface area contributed by atoms with Gasteiger partial charge in [-0.15, -0.1) is 0 Å². The highest BCUT2D eigenvalue weighted by Gasteiger charge is 2.19. The predicted molar refractivity (Wildman–Crippen MR) is 102 cm³/mol. The second kappa shape index (κ2) is 7.19. The highest BCUT2D eigenvalue weighted by atomic mass is 79.9. The number of hydrogen-bond acceptors (Lipinski definition) is 3. The highest BCUT2D eigenvalue weighted by Crippen LogP contribution is 2.20. The minimum atomic E-state index is 0.298. The molecule has 0 saturated carbocycles. The number of halogens is 1. The van der Waals surface area contributed by atoms with Gasteiger partial charge in [0.2, 0.25) is 0 Å². The van der Waals surface area contributed by atoms with Crippen LogP contribution in [0.2, 0.25) is 0 Å². The van der Waals surface area contributed by atoms with Gasteiger partial charge in [-0.3, -0.25) is 0 Å². The molecule has 0 unspecified atom stereocenters. The number of nitrogens with one attached hydrogen (secondary N) is 1. The molecule has 0 radical (unpaired) electrons. The molecule has 0 aromatic heterocycles. The van der Waals surface area contributed by atoms with Crippen LogP contribution in [0.1, 0.15) is 0 Å². The average Bonchev–Trinajstić information content (AvgIpc) is 2.58. The Labute approximate surface area is 149 Å². The quantitative estimate of drug-likeness (QED) is 0.763. The van der Waals surface area contributed by atoms with Crippen LogP contribution in [0.3, 0.4) is 0 Å². The third-order valence-corrected chi connectivity index (χ3v) is 4.77. The maximum atomic E-state index is 9.37. The molecule has 2 N–H and O–H groups in total. The van der Waals surface area contributed by atoms with Gasteiger partial charge in [-0.25, -0.2) is 0 Å². The van der Waals surface area contributed by atoms with Crippen LogP contribution in [0.25, 0.3) is 0 Å². The monoisotopic (exact) mass is 391 g/mol. The Morgan fingerprint density at radius 2 is 1.57 bits per heavy atom. The number of phenolic OH excluding ortho intramolecular Hbond substituents is 1. The van der Waals surface area contributed by atoms with E-state index in [-0.39, 0.29) is 0 Å². The standard InChI is InChI=1S/C17H18BrN3OS/c18-13-1-3-14(4-2-13)19-17(23)21-11-9-20(10-12-21)15-5-7-16(22)8-6-15/h1-8,22H,9-12H2,(H,19,23). The molecule has 0 spiro atoms. The van der Waals surface area contributed by atoms with Crippen molar-refractivity contribution in [3.8, 4) is 5.75 Å². The van der Waals surface area contributed by atoms with Gasteiger partial charge in [0.1, 0.15) is 5.75 Å². The van der Waals surface area contributed by atoms with Crippen molar-refractivity contribution in [3.05, 3.63) is 53.0 Å². The van der Waals surface area contributed by atoms with Gasteiger partial charge in [0.25, 0.3) is 0 Å². The summed E-state index contributed by atoms with van der Waals surface area (Å²) in [5, 5.41) is 13.4. The summed E-state index contributed by atoms with van der Waals surface area (Å²) in [6.45, 7) is 3.58. The van der Waals surface area contributed by atoms with E-state index in [1.54, 1.807) is 12.1 Å². The summed E-state index contributed by atoms with van der Waals surface area (Å²) < 4.78 is 1.05. The molecule has 1 aliphatic rings. The van der Waals surface area contributed by atoms with Gasteiger partial charge in [0.05, 0.1) is 0 Å². The minimum absolute atomic E-state index is 0.298. The number of anilines is 2. The summed E-state index contributed by atoms with van der Waals surface area (Å²) in [6.07, 6.45) is 0. The van der Waals surface area contributed by atoms with Crippen molar-refractivity contribution in [3.63, 3.8) is 0 Å². The second-order valence-electron chi connectivity index (χ2n) is 5.43. The molecule has 0 bridgehead atoms. The first kappa shape index (κ1) is 16.1. The van der Waals surface area contributed by atoms with Crippen LogP contribution in [0, 0.1) is 0 Å². The number of rotatable bonds is 2. The van der Waals surface area contributed by atoms with Crippen LogP contribution in [0.5, 0.6) is 5.75 Å². The number of piperazine rings is 1. The summed E-state index contributed by atoms with van der Waals surface area (Å²) in [7, 11) is 0. The van der Waals surface area contributed by atoms with Crippen molar-refractivity contribution < 1.29 is 5.11 Å². The molecular weight excluding hydrogens is 374 g/mol. The van der Waals surface area contributed by atoms with Crippen molar-refractivity contribution in [2.24, 2.45) is 0 Å². The lowest BCUT2D eigenvalue weighted by atomic mass is 10.2. The molecular formula is C17H18BrN3OS. The Morgan fingerprint density at radius 3 is 2.17 bits per heavy atom. The first-order valence-electron chi connectivity index (χ1n) is 7.47. The van der Waals surface area contributed by atoms with Crippen molar-refractivity contribution >= 4 is 44.6 Å². The fourth-order valence-corrected chi connectivity index (χ4v) is 3.13. The average molecular weight is 392 g/mol. The lowest BCUT2D eigenvalue weighted by molar-refractivity contribution is 0.391. The van der Waals surface area contributed by atoms with Gasteiger partial charge in [0.15, 0.2) is 5.11 Å². The molecule has 2 aromatic carbocycles. The largest absolute Gasteiger partial charge is 0.508 e. The summed E-state index contributed by atoms with van der Waals surface area (Å²) in [6, 6.07) is 15.3. The first-order chi connectivity index (χ1) is 11.1. The van der Waals surface area contributed by atoms with E-state index in [0.717, 1.165) is 47.1 Å². The SMILES string of the molecule is Oc1ccc(N2CCN(C(=S)Nc3ccc(Br)cc3)CC2)cc1. The Hall–Kier alpha value is -1.79. The lowest BCUT2D eigenvalue weighted by Crippen LogP contribution is -2.50. The molecule has 0 amide bonds. The molecule has 6 heteroatoms. The Morgan fingerprint density at radius 1 is 0.957 bits per heavy atom. The van der Waals surface area contributed by atoms with Gasteiger partial charge in [-0.05, 0) is 60.7 Å². The number of benzene rings is 2. The summed E-state index contributed by atoms with van der Waals surface area (Å²) >= 11 is 8.94. The van der Waals surface area contributed by atoms with E-state index >= 15 is 0 Å². The molecule has 0 aliphatic carbocycles. The molecule has 3 rings (SSSR count). The first-order valence-corrected chi connectivity index (χ1v) is 8.67. The van der Waals surface area contributed by atoms with E-state index in [1.165, 1.54) is 0 Å². The third kappa shape index (κ3) is 4.14. The van der Waals surface area contributed by atoms with Gasteiger partial charge >= 0.3 is 0 Å². The van der Waals surface area contributed by atoms with Gasteiger partial charge in [0, 0.05) is 42.0 Å². The van der Waals surface area contributed by atoms with Crippen molar-refractivity contribution in [2.75, 3.05) is 36.4 Å². The topological polar surface area (TPSA) is 38.7 Å². The normalized spacial score (nSPS) is 14.7. The number of aromatic hydroxyl groups is 1. The zero-order valence-electron chi connectivity index (χ0n) is 12.6. The van der Waals surface area contributed by atoms with Gasteiger partial charge in [-0.2, -0.15) is 0 Å². The van der Waals surface area contributed by atoms with Gasteiger partial charge in [-0.1, -0.05) is 15.9 Å². The van der Waals surface area contributed by atoms with Crippen LogP contribution in [-0.4, -0.2) is 41.3 Å². The van der Waals surface area contributed by atoms with E-state index in [4.69, 9.17) is 12.2 Å². The summed E-state index contributed by atoms with van der Waals surface area (Å²) in [5.41, 5.74) is 2.13. The highest BCUT2D eigenvalue weighted by molar-refractivity contribution is 9.10. The van der Waals surface area contributed by atoms with Crippen molar-refractivity contribution in [1.29, 1.82) is 0 Å². The second-order valence-corrected chi connectivity index (χ2v) is 6.73. The molecule has 1 heterocycles. The van der Waals surface area contributed by atoms with Crippen LogP contribution in [-0.2, 0) is 0 Å². The number of thiocarbonyl (C=S) groups is 1. The molecule has 0 atom stereocenters. The maximum absolute atomic E-state index is 9.37. The molecule has 1 aliphatic heterocycles. The molecule has 4 nitrogen and oxygen atoms in total. The molecule has 23 heavy (non-hydrogen) atoms. The number of phenols is 1. The van der Waals surface area contributed by atoms with E-state index < -0.39 is 0 Å².